The molecule has 0 heterocycles. The minimum atomic E-state index is -4.96. The molecule has 0 aliphatic carbocycles. The van der Waals surface area contributed by atoms with Gasteiger partial charge in [0, 0.05) is 25.7 Å². The molecule has 0 fully saturated rings. The van der Waals surface area contributed by atoms with Crippen LogP contribution in [0, 0.1) is 11.8 Å². The topological polar surface area (TPSA) is 237 Å². The van der Waals surface area contributed by atoms with Gasteiger partial charge in [-0.05, 0) is 63.2 Å². The van der Waals surface area contributed by atoms with Crippen molar-refractivity contribution in [1.29, 1.82) is 0 Å². The summed E-state index contributed by atoms with van der Waals surface area (Å²) >= 11 is 0. The van der Waals surface area contributed by atoms with Gasteiger partial charge in [0.1, 0.15) is 19.3 Å². The number of hydrogen-bond donors (Lipinski definition) is 3. The van der Waals surface area contributed by atoms with E-state index in [-0.39, 0.29) is 25.7 Å². The first-order valence-electron chi connectivity index (χ1n) is 36.3. The Kier molecular flexibility index (Phi) is 60.9. The number of allylic oxidation sites excluding steroid dienone is 4. The van der Waals surface area contributed by atoms with Gasteiger partial charge in [-0.25, -0.2) is 9.13 Å². The third-order valence-electron chi connectivity index (χ3n) is 16.2. The monoisotopic (exact) mass is 1320 g/mol. The fourth-order valence-corrected chi connectivity index (χ4v) is 11.8. The largest absolute Gasteiger partial charge is 0.472 e. The fraction of sp³-hybridized carbons (Fsp3) is 0.887. The van der Waals surface area contributed by atoms with Crippen molar-refractivity contribution in [3.05, 3.63) is 24.3 Å². The summed E-state index contributed by atoms with van der Waals surface area (Å²) in [6.45, 7) is 9.46. The van der Waals surface area contributed by atoms with Crippen molar-refractivity contribution in [1.82, 2.24) is 0 Å². The molecule has 0 saturated heterocycles. The Bertz CT molecular complexity index is 1850. The SMILES string of the molecule is CCCCCC/C=C\C=C/CCCCCCCC(=O)OC[C@H](COP(=O)(O)OC[C@@H](O)COP(=O)(O)OC[C@@H](COC(=O)CCCCCCCCC)OC(=O)CCCCCCCCCCC(C)CC)OC(=O)CCCCCCCCCCCCCCCC(C)C. The van der Waals surface area contributed by atoms with E-state index in [9.17, 15) is 43.2 Å². The van der Waals surface area contributed by atoms with Gasteiger partial charge < -0.3 is 33.8 Å². The fourth-order valence-electron chi connectivity index (χ4n) is 10.2. The number of hydrogen-bond acceptors (Lipinski definition) is 15. The van der Waals surface area contributed by atoms with Crippen LogP contribution in [0.3, 0.4) is 0 Å². The standard InChI is InChI=1S/C71H134O17P2/c1-7-10-12-14-16-17-18-19-20-23-26-29-36-42-48-54-69(74)82-60-67(87-70(75)55-49-43-37-30-27-24-21-22-25-28-34-39-45-51-63(4)5)62-86-90(79,80)84-58-65(72)57-83-89(77,78)85-61-66(59-81-68(73)53-47-41-33-15-13-11-8-2)88-71(76)56-50-44-38-32-31-35-40-46-52-64(6)9-3/h17-20,63-67,72H,7-16,21-62H2,1-6H3,(H,77,78)(H,79,80)/b18-17-,20-19-/t64?,65-,66+,67+/m0/s1. The Hall–Kier alpha value is -2.46. The molecule has 0 rings (SSSR count). The summed E-state index contributed by atoms with van der Waals surface area (Å²) in [5.41, 5.74) is 0. The lowest BCUT2D eigenvalue weighted by Gasteiger charge is -2.21. The molecule has 0 aromatic rings. The number of carbonyl (C=O) groups is 4. The summed E-state index contributed by atoms with van der Waals surface area (Å²) in [7, 11) is -9.91. The number of unbranched alkanes of at least 4 members (excludes halogenated alkanes) is 34. The first kappa shape index (κ1) is 87.5. The lowest BCUT2D eigenvalue weighted by molar-refractivity contribution is -0.161. The van der Waals surface area contributed by atoms with Crippen LogP contribution in [-0.4, -0.2) is 96.7 Å². The quantitative estimate of drug-likeness (QED) is 0.0169. The van der Waals surface area contributed by atoms with Gasteiger partial charge in [-0.1, -0.05) is 284 Å². The van der Waals surface area contributed by atoms with Gasteiger partial charge in [-0.3, -0.25) is 37.3 Å². The van der Waals surface area contributed by atoms with E-state index in [1.807, 2.05) is 0 Å². The Labute approximate surface area is 548 Å². The average Bonchev–Trinajstić information content (AvgIpc) is 3.13. The predicted octanol–water partition coefficient (Wildman–Crippen LogP) is 19.9. The van der Waals surface area contributed by atoms with Crippen LogP contribution in [-0.2, 0) is 65.4 Å². The number of aliphatic hydroxyl groups is 1. The molecule has 0 amide bonds. The number of rotatable bonds is 68. The highest BCUT2D eigenvalue weighted by Crippen LogP contribution is 2.45. The van der Waals surface area contributed by atoms with E-state index in [1.165, 1.54) is 122 Å². The van der Waals surface area contributed by atoms with Gasteiger partial charge in [0.2, 0.25) is 0 Å². The predicted molar refractivity (Wildman–Crippen MR) is 363 cm³/mol. The molecular weight excluding hydrogens is 1190 g/mol. The molecule has 0 spiro atoms. The maximum absolute atomic E-state index is 13.0. The zero-order valence-electron chi connectivity index (χ0n) is 57.9. The summed E-state index contributed by atoms with van der Waals surface area (Å²) in [5, 5.41) is 10.6. The highest BCUT2D eigenvalue weighted by molar-refractivity contribution is 7.47. The molecule has 530 valence electrons. The van der Waals surface area contributed by atoms with Crippen molar-refractivity contribution in [3.8, 4) is 0 Å². The summed E-state index contributed by atoms with van der Waals surface area (Å²) in [6, 6.07) is 0. The van der Waals surface area contributed by atoms with Crippen LogP contribution in [0.4, 0.5) is 0 Å². The van der Waals surface area contributed by atoms with Crippen LogP contribution in [0.1, 0.15) is 337 Å². The second-order valence-corrected chi connectivity index (χ2v) is 28.6. The average molecular weight is 1320 g/mol. The maximum atomic E-state index is 13.0. The van der Waals surface area contributed by atoms with E-state index in [0.29, 0.717) is 25.7 Å². The van der Waals surface area contributed by atoms with Crippen LogP contribution >= 0.6 is 15.6 Å². The van der Waals surface area contributed by atoms with Crippen LogP contribution in [0.2, 0.25) is 0 Å². The van der Waals surface area contributed by atoms with Gasteiger partial charge in [0.25, 0.3) is 0 Å². The molecule has 90 heavy (non-hydrogen) atoms. The number of aliphatic hydroxyl groups excluding tert-OH is 1. The molecule has 3 unspecified atom stereocenters. The van der Waals surface area contributed by atoms with E-state index in [4.69, 9.17) is 37.0 Å². The van der Waals surface area contributed by atoms with E-state index in [2.05, 4.69) is 65.8 Å². The van der Waals surface area contributed by atoms with E-state index < -0.39 is 97.5 Å². The van der Waals surface area contributed by atoms with Crippen molar-refractivity contribution in [2.24, 2.45) is 11.8 Å². The third-order valence-corrected chi connectivity index (χ3v) is 18.1. The number of ether oxygens (including phenoxy) is 4. The number of phosphoric ester groups is 2. The lowest BCUT2D eigenvalue weighted by Crippen LogP contribution is -2.30. The Morgan fingerprint density at radius 2 is 0.656 bits per heavy atom. The minimum absolute atomic E-state index is 0.100. The summed E-state index contributed by atoms with van der Waals surface area (Å²) in [6.07, 6.45) is 50.8. The zero-order chi connectivity index (χ0) is 66.5. The summed E-state index contributed by atoms with van der Waals surface area (Å²) < 4.78 is 68.2. The molecule has 19 heteroatoms. The second-order valence-electron chi connectivity index (χ2n) is 25.7. The van der Waals surface area contributed by atoms with Gasteiger partial charge in [0.15, 0.2) is 12.2 Å². The van der Waals surface area contributed by atoms with Crippen LogP contribution in [0.15, 0.2) is 24.3 Å². The van der Waals surface area contributed by atoms with Crippen LogP contribution in [0.5, 0.6) is 0 Å². The van der Waals surface area contributed by atoms with Gasteiger partial charge in [-0.15, -0.1) is 0 Å². The van der Waals surface area contributed by atoms with Crippen molar-refractivity contribution in [2.45, 2.75) is 355 Å². The smallest absolute Gasteiger partial charge is 0.462 e. The molecule has 17 nitrogen and oxygen atoms in total. The Morgan fingerprint density at radius 3 is 1.00 bits per heavy atom. The first-order chi connectivity index (χ1) is 43.4. The molecule has 0 bridgehead atoms. The van der Waals surface area contributed by atoms with Crippen LogP contribution < -0.4 is 0 Å². The van der Waals surface area contributed by atoms with Crippen LogP contribution in [0.25, 0.3) is 0 Å². The summed E-state index contributed by atoms with van der Waals surface area (Å²) in [4.78, 5) is 72.4. The molecule has 0 aromatic carbocycles. The van der Waals surface area contributed by atoms with Crippen molar-refractivity contribution in [2.75, 3.05) is 39.6 Å². The van der Waals surface area contributed by atoms with Crippen molar-refractivity contribution in [3.63, 3.8) is 0 Å². The number of esters is 4. The van der Waals surface area contributed by atoms with Gasteiger partial charge in [-0.2, -0.15) is 0 Å². The number of phosphoric acid groups is 2. The highest BCUT2D eigenvalue weighted by atomic mass is 31.2. The number of carbonyl (C=O) groups excluding carboxylic acids is 4. The van der Waals surface area contributed by atoms with Crippen molar-refractivity contribution < 1.29 is 80.2 Å². The normalized spacial score (nSPS) is 14.6. The second kappa shape index (κ2) is 62.6. The molecule has 6 atom stereocenters. The van der Waals surface area contributed by atoms with Gasteiger partial charge >= 0.3 is 39.5 Å². The molecule has 0 saturated carbocycles. The van der Waals surface area contributed by atoms with Gasteiger partial charge in [0.05, 0.1) is 26.4 Å². The molecule has 0 aliphatic rings. The third kappa shape index (κ3) is 63.0. The lowest BCUT2D eigenvalue weighted by atomic mass is 9.99. The maximum Gasteiger partial charge on any atom is 0.472 e. The molecule has 0 aromatic heterocycles. The molecular formula is C71H134O17P2. The molecule has 0 radical (unpaired) electrons. The zero-order valence-corrected chi connectivity index (χ0v) is 59.7. The minimum Gasteiger partial charge on any atom is -0.462 e. The molecule has 0 aliphatic heterocycles. The highest BCUT2D eigenvalue weighted by Gasteiger charge is 2.30. The van der Waals surface area contributed by atoms with E-state index >= 15 is 0 Å². The van der Waals surface area contributed by atoms with E-state index in [0.717, 1.165) is 134 Å². The first-order valence-corrected chi connectivity index (χ1v) is 39.3. The van der Waals surface area contributed by atoms with E-state index in [1.54, 1.807) is 0 Å². The van der Waals surface area contributed by atoms with Crippen molar-refractivity contribution >= 4 is 39.5 Å². The summed E-state index contributed by atoms with van der Waals surface area (Å²) in [5.74, 6) is -0.606. The Morgan fingerprint density at radius 1 is 0.367 bits per heavy atom. The Balaban J connectivity index is 5.25. The molecule has 3 N–H and O–H groups in total.